The molecule has 0 bridgehead atoms. The van der Waals surface area contributed by atoms with E-state index in [0.29, 0.717) is 6.54 Å². The standard InChI is InChI=1S/C14H17NO2/c1-4-10(2)15-9-12-8-11-6-5-7-13(16-3)14(11)17-12/h4-8,10,15H,1,9H2,2-3H3. The zero-order chi connectivity index (χ0) is 12.3. The predicted molar refractivity (Wildman–Crippen MR) is 69.3 cm³/mol. The van der Waals surface area contributed by atoms with Crippen LogP contribution in [0.3, 0.4) is 0 Å². The van der Waals surface area contributed by atoms with Crippen molar-refractivity contribution in [2.75, 3.05) is 7.11 Å². The van der Waals surface area contributed by atoms with Gasteiger partial charge in [-0.2, -0.15) is 0 Å². The number of fused-ring (bicyclic) bond motifs is 1. The SMILES string of the molecule is C=CC(C)NCc1cc2cccc(OC)c2o1. The fourth-order valence-corrected chi connectivity index (χ4v) is 1.68. The molecule has 0 aliphatic heterocycles. The molecule has 1 N–H and O–H groups in total. The monoisotopic (exact) mass is 231 g/mol. The van der Waals surface area contributed by atoms with Gasteiger partial charge in [0.25, 0.3) is 0 Å². The van der Waals surface area contributed by atoms with Crippen molar-refractivity contribution in [2.24, 2.45) is 0 Å². The van der Waals surface area contributed by atoms with Gasteiger partial charge < -0.3 is 14.5 Å². The molecule has 1 heterocycles. The number of methoxy groups -OCH3 is 1. The fourth-order valence-electron chi connectivity index (χ4n) is 1.68. The lowest BCUT2D eigenvalue weighted by atomic mass is 10.2. The van der Waals surface area contributed by atoms with Crippen LogP contribution in [0.2, 0.25) is 0 Å². The number of hydrogen-bond donors (Lipinski definition) is 1. The van der Waals surface area contributed by atoms with E-state index in [1.165, 1.54) is 0 Å². The highest BCUT2D eigenvalue weighted by molar-refractivity contribution is 5.83. The van der Waals surface area contributed by atoms with Crippen LogP contribution in [-0.2, 0) is 6.54 Å². The molecule has 0 fully saturated rings. The second-order valence-electron chi connectivity index (χ2n) is 4.00. The normalized spacial score (nSPS) is 12.6. The maximum Gasteiger partial charge on any atom is 0.176 e. The van der Waals surface area contributed by atoms with Crippen molar-refractivity contribution in [1.82, 2.24) is 5.32 Å². The van der Waals surface area contributed by atoms with Gasteiger partial charge >= 0.3 is 0 Å². The summed E-state index contributed by atoms with van der Waals surface area (Å²) >= 11 is 0. The van der Waals surface area contributed by atoms with Crippen molar-refractivity contribution in [1.29, 1.82) is 0 Å². The Labute approximate surface area is 101 Å². The van der Waals surface area contributed by atoms with Gasteiger partial charge in [0.2, 0.25) is 0 Å². The number of rotatable bonds is 5. The first-order valence-corrected chi connectivity index (χ1v) is 5.66. The number of furan rings is 1. The molecular formula is C14H17NO2. The van der Waals surface area contributed by atoms with E-state index in [0.717, 1.165) is 22.5 Å². The van der Waals surface area contributed by atoms with E-state index in [9.17, 15) is 0 Å². The Morgan fingerprint density at radius 2 is 2.35 bits per heavy atom. The van der Waals surface area contributed by atoms with Crippen LogP contribution in [0.4, 0.5) is 0 Å². The average molecular weight is 231 g/mol. The van der Waals surface area contributed by atoms with Crippen molar-refractivity contribution in [2.45, 2.75) is 19.5 Å². The molecule has 90 valence electrons. The molecule has 3 heteroatoms. The van der Waals surface area contributed by atoms with Gasteiger partial charge in [-0.15, -0.1) is 6.58 Å². The van der Waals surface area contributed by atoms with Crippen molar-refractivity contribution >= 4 is 11.0 Å². The van der Waals surface area contributed by atoms with Gasteiger partial charge in [0.15, 0.2) is 11.3 Å². The van der Waals surface area contributed by atoms with Gasteiger partial charge in [-0.3, -0.25) is 0 Å². The van der Waals surface area contributed by atoms with E-state index in [1.807, 2.05) is 30.3 Å². The lowest BCUT2D eigenvalue weighted by Crippen LogP contribution is -2.22. The quantitative estimate of drug-likeness (QED) is 0.803. The van der Waals surface area contributed by atoms with E-state index >= 15 is 0 Å². The van der Waals surface area contributed by atoms with Gasteiger partial charge in [-0.25, -0.2) is 0 Å². The Hall–Kier alpha value is -1.74. The summed E-state index contributed by atoms with van der Waals surface area (Å²) in [7, 11) is 1.65. The number of nitrogens with one attached hydrogen (secondary N) is 1. The van der Waals surface area contributed by atoms with Gasteiger partial charge in [-0.05, 0) is 19.1 Å². The minimum atomic E-state index is 0.269. The molecule has 1 atom stereocenters. The predicted octanol–water partition coefficient (Wildman–Crippen LogP) is 3.11. The summed E-state index contributed by atoms with van der Waals surface area (Å²) in [6.45, 7) is 6.47. The Bertz CT molecular complexity index is 516. The Morgan fingerprint density at radius 3 is 3.06 bits per heavy atom. The van der Waals surface area contributed by atoms with E-state index < -0.39 is 0 Å². The zero-order valence-corrected chi connectivity index (χ0v) is 10.2. The lowest BCUT2D eigenvalue weighted by Gasteiger charge is -2.06. The van der Waals surface area contributed by atoms with Gasteiger partial charge in [0.05, 0.1) is 13.7 Å². The second-order valence-corrected chi connectivity index (χ2v) is 4.00. The summed E-state index contributed by atoms with van der Waals surface area (Å²) in [6.07, 6.45) is 1.86. The third kappa shape index (κ3) is 2.50. The maximum absolute atomic E-state index is 5.76. The van der Waals surface area contributed by atoms with Crippen LogP contribution in [0.25, 0.3) is 11.0 Å². The Balaban J connectivity index is 2.22. The van der Waals surface area contributed by atoms with Crippen LogP contribution in [-0.4, -0.2) is 13.2 Å². The molecule has 1 unspecified atom stereocenters. The van der Waals surface area contributed by atoms with Crippen molar-refractivity contribution in [3.05, 3.63) is 42.7 Å². The first-order valence-electron chi connectivity index (χ1n) is 5.66. The van der Waals surface area contributed by atoms with Crippen LogP contribution in [0.15, 0.2) is 41.3 Å². The van der Waals surface area contributed by atoms with E-state index in [4.69, 9.17) is 9.15 Å². The first-order chi connectivity index (χ1) is 8.24. The van der Waals surface area contributed by atoms with Gasteiger partial charge in [-0.1, -0.05) is 18.2 Å². The molecule has 0 saturated heterocycles. The molecule has 2 rings (SSSR count). The highest BCUT2D eigenvalue weighted by Crippen LogP contribution is 2.28. The van der Waals surface area contributed by atoms with E-state index in [1.54, 1.807) is 7.11 Å². The van der Waals surface area contributed by atoms with E-state index in [2.05, 4.69) is 18.8 Å². The second kappa shape index (κ2) is 5.06. The average Bonchev–Trinajstić information content (AvgIpc) is 2.78. The van der Waals surface area contributed by atoms with E-state index in [-0.39, 0.29) is 6.04 Å². The summed E-state index contributed by atoms with van der Waals surface area (Å²) in [5.41, 5.74) is 0.804. The summed E-state index contributed by atoms with van der Waals surface area (Å²) in [5, 5.41) is 4.36. The number of hydrogen-bond acceptors (Lipinski definition) is 3. The lowest BCUT2D eigenvalue weighted by molar-refractivity contribution is 0.405. The molecule has 1 aromatic carbocycles. The minimum Gasteiger partial charge on any atom is -0.493 e. The molecule has 1 aromatic heterocycles. The largest absolute Gasteiger partial charge is 0.493 e. The molecule has 0 spiro atoms. The fraction of sp³-hybridized carbons (Fsp3) is 0.286. The minimum absolute atomic E-state index is 0.269. The third-order valence-corrected chi connectivity index (χ3v) is 2.73. The molecule has 0 radical (unpaired) electrons. The van der Waals surface area contributed by atoms with Crippen molar-refractivity contribution in [3.8, 4) is 5.75 Å². The van der Waals surface area contributed by atoms with Crippen LogP contribution in [0.5, 0.6) is 5.75 Å². The molecule has 0 saturated carbocycles. The molecular weight excluding hydrogens is 214 g/mol. The van der Waals surface area contributed by atoms with Gasteiger partial charge in [0.1, 0.15) is 5.76 Å². The molecule has 3 nitrogen and oxygen atoms in total. The first kappa shape index (κ1) is 11.7. The number of para-hydroxylation sites is 1. The molecule has 0 aliphatic rings. The smallest absolute Gasteiger partial charge is 0.176 e. The van der Waals surface area contributed by atoms with Gasteiger partial charge in [0, 0.05) is 11.4 Å². The van der Waals surface area contributed by atoms with Crippen LogP contribution >= 0.6 is 0 Å². The topological polar surface area (TPSA) is 34.4 Å². The maximum atomic E-state index is 5.76. The molecule has 2 aromatic rings. The van der Waals surface area contributed by atoms with Crippen LogP contribution in [0.1, 0.15) is 12.7 Å². The summed E-state index contributed by atoms with van der Waals surface area (Å²) in [6, 6.07) is 8.17. The molecule has 0 amide bonds. The zero-order valence-electron chi connectivity index (χ0n) is 10.2. The highest BCUT2D eigenvalue weighted by Gasteiger charge is 2.08. The van der Waals surface area contributed by atoms with Crippen LogP contribution < -0.4 is 10.1 Å². The number of ether oxygens (including phenoxy) is 1. The molecule has 0 aliphatic carbocycles. The summed E-state index contributed by atoms with van der Waals surface area (Å²) in [4.78, 5) is 0. The van der Waals surface area contributed by atoms with Crippen molar-refractivity contribution < 1.29 is 9.15 Å². The Kier molecular flexibility index (Phi) is 3.49. The summed E-state index contributed by atoms with van der Waals surface area (Å²) < 4.78 is 11.0. The summed E-state index contributed by atoms with van der Waals surface area (Å²) in [5.74, 6) is 1.67. The number of benzene rings is 1. The van der Waals surface area contributed by atoms with Crippen LogP contribution in [0, 0.1) is 0 Å². The third-order valence-electron chi connectivity index (χ3n) is 2.73. The van der Waals surface area contributed by atoms with Crippen molar-refractivity contribution in [3.63, 3.8) is 0 Å². The highest BCUT2D eigenvalue weighted by atomic mass is 16.5. The molecule has 17 heavy (non-hydrogen) atoms. The Morgan fingerprint density at radius 1 is 1.53 bits per heavy atom.